The third-order valence-electron chi connectivity index (χ3n) is 4.04. The number of rotatable bonds is 5. The molecular weight excluding hydrogens is 451 g/mol. The predicted octanol–water partition coefficient (Wildman–Crippen LogP) is -1.27. The second kappa shape index (κ2) is 9.23. The van der Waals surface area contributed by atoms with E-state index in [4.69, 9.17) is 0 Å². The van der Waals surface area contributed by atoms with E-state index in [-0.39, 0.29) is 65.4 Å². The zero-order valence-electron chi connectivity index (χ0n) is 14.9. The van der Waals surface area contributed by atoms with Crippen molar-refractivity contribution in [1.29, 1.82) is 0 Å². The van der Waals surface area contributed by atoms with Gasteiger partial charge in [-0.2, -0.15) is 8.42 Å². The molecule has 1 aromatic rings. The summed E-state index contributed by atoms with van der Waals surface area (Å²) in [5.74, 6) is -5.97. The molecule has 0 unspecified atom stereocenters. The van der Waals surface area contributed by atoms with Crippen molar-refractivity contribution < 1.29 is 51.4 Å². The number of benzene rings is 1. The van der Waals surface area contributed by atoms with Crippen molar-refractivity contribution in [1.82, 2.24) is 10.1 Å². The van der Waals surface area contributed by atoms with Crippen LogP contribution in [0.15, 0.2) is 23.1 Å². The van der Waals surface area contributed by atoms with Crippen molar-refractivity contribution in [2.24, 2.45) is 0 Å². The van der Waals surface area contributed by atoms with Gasteiger partial charge in [0.1, 0.15) is 0 Å². The van der Waals surface area contributed by atoms with Crippen LogP contribution in [-0.4, -0.2) is 88.2 Å². The first-order chi connectivity index (χ1) is 14.0. The number of hydrogen-bond acceptors (Lipinski definition) is 10. The Morgan fingerprint density at radius 2 is 1.06 bits per heavy atom. The Bertz CT molecular complexity index is 1010. The average Bonchev–Trinajstić information content (AvgIpc) is 3.17. The van der Waals surface area contributed by atoms with Gasteiger partial charge in [-0.05, 0) is 18.2 Å². The molecule has 0 atom stereocenters. The van der Waals surface area contributed by atoms with Gasteiger partial charge in [0.05, 0.1) is 16.0 Å². The Labute approximate surface area is 196 Å². The van der Waals surface area contributed by atoms with Gasteiger partial charge in [0, 0.05) is 25.7 Å². The normalized spacial score (nSPS) is 16.4. The van der Waals surface area contributed by atoms with E-state index in [1.54, 1.807) is 0 Å². The molecule has 2 saturated heterocycles. The zero-order chi connectivity index (χ0) is 22.2. The summed E-state index contributed by atoms with van der Waals surface area (Å²) in [5.41, 5.74) is -1.27. The molecular formula is C16H13N2NaO11S. The van der Waals surface area contributed by atoms with E-state index < -0.39 is 61.7 Å². The van der Waals surface area contributed by atoms with Crippen molar-refractivity contribution in [3.8, 4) is 0 Å². The van der Waals surface area contributed by atoms with Gasteiger partial charge >= 0.3 is 41.5 Å². The molecule has 1 aromatic carbocycles. The predicted molar refractivity (Wildman–Crippen MR) is 96.4 cm³/mol. The Morgan fingerprint density at radius 1 is 0.742 bits per heavy atom. The Morgan fingerprint density at radius 3 is 1.35 bits per heavy atom. The summed E-state index contributed by atoms with van der Waals surface area (Å²) in [4.78, 5) is 79.1. The van der Waals surface area contributed by atoms with Gasteiger partial charge in [0.2, 0.25) is 0 Å². The fourth-order valence-corrected chi connectivity index (χ4v) is 3.12. The van der Waals surface area contributed by atoms with Crippen LogP contribution >= 0.6 is 0 Å². The van der Waals surface area contributed by atoms with Crippen LogP contribution in [-0.2, 0) is 39.0 Å². The SMILES string of the molecule is O=C(ON1C(=O)CCC1=O)c1cc(C(=O)ON2C(=O)CCC2=O)cc(S(=O)(=O)O)c1.[NaH]. The van der Waals surface area contributed by atoms with Crippen LogP contribution in [0.25, 0.3) is 0 Å². The molecule has 0 aliphatic carbocycles. The third-order valence-corrected chi connectivity index (χ3v) is 4.87. The maximum absolute atomic E-state index is 12.3. The Kier molecular flexibility index (Phi) is 7.33. The zero-order valence-corrected chi connectivity index (χ0v) is 15.7. The number of amides is 4. The fourth-order valence-electron chi connectivity index (χ4n) is 2.57. The summed E-state index contributed by atoms with van der Waals surface area (Å²) >= 11 is 0. The Hall–Kier alpha value is -2.65. The molecule has 15 heteroatoms. The van der Waals surface area contributed by atoms with Crippen LogP contribution in [0, 0.1) is 0 Å². The van der Waals surface area contributed by atoms with Crippen LogP contribution in [0.4, 0.5) is 0 Å². The van der Waals surface area contributed by atoms with E-state index in [0.29, 0.717) is 12.1 Å². The minimum absolute atomic E-state index is 0. The first kappa shape index (κ1) is 24.6. The van der Waals surface area contributed by atoms with Gasteiger partial charge in [0.15, 0.2) is 0 Å². The summed E-state index contributed by atoms with van der Waals surface area (Å²) in [6, 6.07) is 2.03. The second-order valence-electron chi connectivity index (χ2n) is 6.14. The number of hydrogen-bond donors (Lipinski definition) is 1. The van der Waals surface area contributed by atoms with Crippen molar-refractivity contribution >= 4 is 75.2 Å². The molecule has 2 heterocycles. The Balaban J connectivity index is 0.00000341. The second-order valence-corrected chi connectivity index (χ2v) is 7.56. The van der Waals surface area contributed by atoms with Crippen LogP contribution in [0.2, 0.25) is 0 Å². The molecule has 2 aliphatic heterocycles. The van der Waals surface area contributed by atoms with Gasteiger partial charge < -0.3 is 9.68 Å². The van der Waals surface area contributed by atoms with Crippen molar-refractivity contribution in [3.63, 3.8) is 0 Å². The van der Waals surface area contributed by atoms with E-state index >= 15 is 0 Å². The molecule has 3 rings (SSSR count). The number of hydroxylamine groups is 4. The van der Waals surface area contributed by atoms with Crippen molar-refractivity contribution in [2.45, 2.75) is 30.6 Å². The third kappa shape index (κ3) is 5.34. The maximum atomic E-state index is 12.3. The summed E-state index contributed by atoms with van der Waals surface area (Å²) in [7, 11) is -4.92. The fraction of sp³-hybridized carbons (Fsp3) is 0.250. The quantitative estimate of drug-likeness (QED) is 0.311. The molecule has 0 bridgehead atoms. The van der Waals surface area contributed by atoms with E-state index in [2.05, 4.69) is 9.68 Å². The first-order valence-electron chi connectivity index (χ1n) is 8.26. The van der Waals surface area contributed by atoms with Crippen LogP contribution < -0.4 is 0 Å². The van der Waals surface area contributed by atoms with Crippen molar-refractivity contribution in [2.75, 3.05) is 0 Å². The molecule has 1 N–H and O–H groups in total. The van der Waals surface area contributed by atoms with E-state index in [1.165, 1.54) is 0 Å². The average molecular weight is 464 g/mol. The van der Waals surface area contributed by atoms with Crippen LogP contribution in [0.3, 0.4) is 0 Å². The first-order valence-corrected chi connectivity index (χ1v) is 9.70. The minimum atomic E-state index is -4.92. The standard InChI is InChI=1S/C16H12N2O11S.Na.H/c19-11-1-2-12(20)17(11)28-15(23)8-5-9(7-10(6-8)30(25,26)27)16(24)29-18-13(21)3-4-14(18)22;;/h5-7H,1-4H2,(H,25,26,27);;. The van der Waals surface area contributed by atoms with Gasteiger partial charge in [-0.1, -0.05) is 0 Å². The molecule has 2 aliphatic rings. The molecule has 0 spiro atoms. The topological polar surface area (TPSA) is 182 Å². The molecule has 4 amide bonds. The van der Waals surface area contributed by atoms with E-state index in [1.807, 2.05) is 0 Å². The van der Waals surface area contributed by atoms with Crippen LogP contribution in [0.5, 0.6) is 0 Å². The summed E-state index contributed by atoms with van der Waals surface area (Å²) in [6.07, 6.45) is -0.751. The molecule has 160 valence electrons. The van der Waals surface area contributed by atoms with Gasteiger partial charge in [-0.25, -0.2) is 9.59 Å². The van der Waals surface area contributed by atoms with Gasteiger partial charge in [-0.3, -0.25) is 23.7 Å². The summed E-state index contributed by atoms with van der Waals surface area (Å²) in [5, 5.41) is 0.393. The van der Waals surface area contributed by atoms with E-state index in [0.717, 1.165) is 6.07 Å². The molecule has 2 fully saturated rings. The number of carbonyl (C=O) groups is 6. The monoisotopic (exact) mass is 464 g/mol. The molecule has 31 heavy (non-hydrogen) atoms. The number of carbonyl (C=O) groups excluding carboxylic acids is 6. The number of nitrogens with zero attached hydrogens (tertiary/aromatic N) is 2. The van der Waals surface area contributed by atoms with Crippen LogP contribution in [0.1, 0.15) is 46.4 Å². The molecule has 0 saturated carbocycles. The van der Waals surface area contributed by atoms with Gasteiger partial charge in [-0.15, -0.1) is 10.1 Å². The van der Waals surface area contributed by atoms with E-state index in [9.17, 15) is 41.7 Å². The molecule has 0 radical (unpaired) electrons. The summed E-state index contributed by atoms with van der Waals surface area (Å²) in [6.45, 7) is 0. The van der Waals surface area contributed by atoms with Gasteiger partial charge in [0.25, 0.3) is 33.7 Å². The molecule has 0 aromatic heterocycles. The van der Waals surface area contributed by atoms with Crippen molar-refractivity contribution in [3.05, 3.63) is 29.3 Å². The molecule has 13 nitrogen and oxygen atoms in total. The number of imide groups is 2. The summed E-state index contributed by atoms with van der Waals surface area (Å²) < 4.78 is 32.3.